The van der Waals surface area contributed by atoms with E-state index >= 15 is 0 Å². The summed E-state index contributed by atoms with van der Waals surface area (Å²) in [5, 5.41) is 2.79. The van der Waals surface area contributed by atoms with Gasteiger partial charge in [-0.3, -0.25) is 4.79 Å². The summed E-state index contributed by atoms with van der Waals surface area (Å²) in [6, 6.07) is 16.1. The molecule has 0 unspecified atom stereocenters. The van der Waals surface area contributed by atoms with E-state index in [0.29, 0.717) is 37.4 Å². The maximum Gasteiger partial charge on any atom is 0.220 e. The first kappa shape index (κ1) is 17.9. The van der Waals surface area contributed by atoms with Crippen LogP contribution in [0.25, 0.3) is 0 Å². The fourth-order valence-corrected chi connectivity index (χ4v) is 2.53. The summed E-state index contributed by atoms with van der Waals surface area (Å²) in [6.45, 7) is 3.22. The zero-order chi connectivity index (χ0) is 17.2. The number of hydrogen-bond donors (Lipinski definition) is 2. The number of anilines is 1. The summed E-state index contributed by atoms with van der Waals surface area (Å²) < 4.78 is 5.77. The molecule has 0 heterocycles. The minimum absolute atomic E-state index is 0.0670. The first-order valence-corrected chi connectivity index (χ1v) is 8.51. The Kier molecular flexibility index (Phi) is 7.15. The van der Waals surface area contributed by atoms with E-state index in [4.69, 9.17) is 10.5 Å². The molecule has 0 aliphatic rings. The Morgan fingerprint density at radius 2 is 1.88 bits per heavy atom. The van der Waals surface area contributed by atoms with E-state index in [1.165, 1.54) is 5.56 Å². The number of nitrogens with two attached hydrogens (primary N) is 1. The third-order valence-electron chi connectivity index (χ3n) is 3.80. The van der Waals surface area contributed by atoms with Gasteiger partial charge in [-0.05, 0) is 49.4 Å². The van der Waals surface area contributed by atoms with Crippen LogP contribution in [0.5, 0.6) is 5.75 Å². The van der Waals surface area contributed by atoms with Crippen molar-refractivity contribution in [3.8, 4) is 5.75 Å². The maximum atomic E-state index is 11.5. The predicted octanol–water partition coefficient (Wildman–Crippen LogP) is 3.35. The van der Waals surface area contributed by atoms with Gasteiger partial charge in [0, 0.05) is 13.0 Å². The third-order valence-corrected chi connectivity index (χ3v) is 3.80. The fraction of sp³-hybridized carbons (Fsp3) is 0.350. The Hall–Kier alpha value is -2.49. The molecule has 0 aromatic heterocycles. The largest absolute Gasteiger partial charge is 0.491 e. The standard InChI is InChI=1S/C20H26N2O2/c1-2-22-20(23)13-11-17-10-12-19(18(21)15-17)24-14-6-9-16-7-4-3-5-8-16/h3-5,7-8,10,12,15H,2,6,9,11,13-14,21H2,1H3,(H,22,23). The molecule has 0 saturated heterocycles. The first-order chi connectivity index (χ1) is 11.7. The molecule has 4 heteroatoms. The van der Waals surface area contributed by atoms with Gasteiger partial charge in [-0.1, -0.05) is 36.4 Å². The highest BCUT2D eigenvalue weighted by Crippen LogP contribution is 2.23. The van der Waals surface area contributed by atoms with Crippen molar-refractivity contribution in [3.05, 3.63) is 59.7 Å². The number of carbonyl (C=O) groups excluding carboxylic acids is 1. The van der Waals surface area contributed by atoms with E-state index in [0.717, 1.165) is 18.4 Å². The number of aryl methyl sites for hydroxylation is 2. The topological polar surface area (TPSA) is 64.3 Å². The molecule has 2 aromatic carbocycles. The van der Waals surface area contributed by atoms with E-state index in [1.807, 2.05) is 43.3 Å². The van der Waals surface area contributed by atoms with E-state index in [9.17, 15) is 4.79 Å². The Bertz CT molecular complexity index is 641. The van der Waals surface area contributed by atoms with Crippen LogP contribution in [0.1, 0.15) is 30.9 Å². The van der Waals surface area contributed by atoms with Crippen molar-refractivity contribution in [1.82, 2.24) is 5.32 Å². The van der Waals surface area contributed by atoms with Gasteiger partial charge in [0.05, 0.1) is 12.3 Å². The third kappa shape index (κ3) is 5.95. The summed E-state index contributed by atoms with van der Waals surface area (Å²) >= 11 is 0. The van der Waals surface area contributed by atoms with Crippen LogP contribution in [-0.4, -0.2) is 19.1 Å². The van der Waals surface area contributed by atoms with Gasteiger partial charge in [-0.25, -0.2) is 0 Å². The minimum Gasteiger partial charge on any atom is -0.491 e. The number of nitrogens with one attached hydrogen (secondary N) is 1. The molecule has 0 radical (unpaired) electrons. The lowest BCUT2D eigenvalue weighted by Crippen LogP contribution is -2.22. The molecular formula is C20H26N2O2. The summed E-state index contributed by atoms with van der Waals surface area (Å²) in [4.78, 5) is 11.5. The number of benzene rings is 2. The molecule has 1 amide bonds. The summed E-state index contributed by atoms with van der Waals surface area (Å²) in [5.41, 5.74) is 9.05. The molecule has 0 spiro atoms. The number of amides is 1. The van der Waals surface area contributed by atoms with E-state index in [-0.39, 0.29) is 5.91 Å². The van der Waals surface area contributed by atoms with Gasteiger partial charge in [0.15, 0.2) is 0 Å². The quantitative estimate of drug-likeness (QED) is 0.549. The summed E-state index contributed by atoms with van der Waals surface area (Å²) in [6.07, 6.45) is 3.10. The van der Waals surface area contributed by atoms with Gasteiger partial charge in [-0.2, -0.15) is 0 Å². The van der Waals surface area contributed by atoms with Crippen LogP contribution in [0.4, 0.5) is 5.69 Å². The molecule has 0 bridgehead atoms. The van der Waals surface area contributed by atoms with Crippen LogP contribution in [0, 0.1) is 0 Å². The molecule has 0 aliphatic heterocycles. The Morgan fingerprint density at radius 1 is 1.08 bits per heavy atom. The minimum atomic E-state index is 0.0670. The van der Waals surface area contributed by atoms with E-state index < -0.39 is 0 Å². The monoisotopic (exact) mass is 326 g/mol. The van der Waals surface area contributed by atoms with Crippen LogP contribution in [0.3, 0.4) is 0 Å². The SMILES string of the molecule is CCNC(=O)CCc1ccc(OCCCc2ccccc2)c(N)c1. The first-order valence-electron chi connectivity index (χ1n) is 8.51. The second-order valence-corrected chi connectivity index (χ2v) is 5.76. The maximum absolute atomic E-state index is 11.5. The van der Waals surface area contributed by atoms with Gasteiger partial charge in [0.1, 0.15) is 5.75 Å². The Morgan fingerprint density at radius 3 is 2.58 bits per heavy atom. The second-order valence-electron chi connectivity index (χ2n) is 5.76. The molecule has 24 heavy (non-hydrogen) atoms. The van der Waals surface area contributed by atoms with Crippen LogP contribution in [-0.2, 0) is 17.6 Å². The molecule has 2 rings (SSSR count). The molecule has 0 fully saturated rings. The van der Waals surface area contributed by atoms with Crippen molar-refractivity contribution in [2.24, 2.45) is 0 Å². The van der Waals surface area contributed by atoms with E-state index in [1.54, 1.807) is 0 Å². The molecule has 0 saturated carbocycles. The van der Waals surface area contributed by atoms with Crippen molar-refractivity contribution in [1.29, 1.82) is 0 Å². The predicted molar refractivity (Wildman–Crippen MR) is 98.1 cm³/mol. The number of ether oxygens (including phenoxy) is 1. The number of carbonyl (C=O) groups is 1. The van der Waals surface area contributed by atoms with Crippen molar-refractivity contribution < 1.29 is 9.53 Å². The lowest BCUT2D eigenvalue weighted by atomic mass is 10.1. The average molecular weight is 326 g/mol. The number of nitrogen functional groups attached to an aromatic ring is 1. The Balaban J connectivity index is 1.76. The normalized spacial score (nSPS) is 10.4. The zero-order valence-corrected chi connectivity index (χ0v) is 14.3. The highest BCUT2D eigenvalue weighted by atomic mass is 16.5. The van der Waals surface area contributed by atoms with Crippen LogP contribution in [0.2, 0.25) is 0 Å². The van der Waals surface area contributed by atoms with E-state index in [2.05, 4.69) is 17.4 Å². The molecular weight excluding hydrogens is 300 g/mol. The fourth-order valence-electron chi connectivity index (χ4n) is 2.53. The Labute approximate surface area is 144 Å². The van der Waals surface area contributed by atoms with Crippen LogP contribution < -0.4 is 15.8 Å². The summed E-state index contributed by atoms with van der Waals surface area (Å²) in [7, 11) is 0. The number of hydrogen-bond acceptors (Lipinski definition) is 3. The molecule has 4 nitrogen and oxygen atoms in total. The summed E-state index contributed by atoms with van der Waals surface area (Å²) in [5.74, 6) is 0.780. The van der Waals surface area contributed by atoms with Crippen molar-refractivity contribution in [3.63, 3.8) is 0 Å². The van der Waals surface area contributed by atoms with Gasteiger partial charge >= 0.3 is 0 Å². The molecule has 2 aromatic rings. The number of rotatable bonds is 9. The molecule has 128 valence electrons. The highest BCUT2D eigenvalue weighted by molar-refractivity contribution is 5.76. The second kappa shape index (κ2) is 9.60. The van der Waals surface area contributed by atoms with Gasteiger partial charge < -0.3 is 15.8 Å². The molecule has 0 atom stereocenters. The van der Waals surface area contributed by atoms with Gasteiger partial charge in [-0.15, -0.1) is 0 Å². The lowest BCUT2D eigenvalue weighted by Gasteiger charge is -2.10. The highest BCUT2D eigenvalue weighted by Gasteiger charge is 2.05. The average Bonchev–Trinajstić information content (AvgIpc) is 2.59. The molecule has 3 N–H and O–H groups in total. The van der Waals surface area contributed by atoms with Crippen LogP contribution in [0.15, 0.2) is 48.5 Å². The lowest BCUT2D eigenvalue weighted by molar-refractivity contribution is -0.120. The van der Waals surface area contributed by atoms with Crippen molar-refractivity contribution in [2.75, 3.05) is 18.9 Å². The smallest absolute Gasteiger partial charge is 0.220 e. The van der Waals surface area contributed by atoms with Gasteiger partial charge in [0.2, 0.25) is 5.91 Å². The van der Waals surface area contributed by atoms with Gasteiger partial charge in [0.25, 0.3) is 0 Å². The van der Waals surface area contributed by atoms with Crippen LogP contribution >= 0.6 is 0 Å². The zero-order valence-electron chi connectivity index (χ0n) is 14.3. The molecule has 0 aliphatic carbocycles. The van der Waals surface area contributed by atoms with Crippen molar-refractivity contribution in [2.45, 2.75) is 32.6 Å². The van der Waals surface area contributed by atoms with Crippen molar-refractivity contribution >= 4 is 11.6 Å².